The summed E-state index contributed by atoms with van der Waals surface area (Å²) in [4.78, 5) is 22.2. The molecule has 4 nitrogen and oxygen atoms in total. The number of carbonyl (C=O) groups excluding carboxylic acids is 2. The molecule has 100 valence electrons. The number of esters is 2. The van der Waals surface area contributed by atoms with Crippen LogP contribution in [0.25, 0.3) is 6.08 Å². The van der Waals surface area contributed by atoms with Gasteiger partial charge in [-0.25, -0.2) is 4.79 Å². The van der Waals surface area contributed by atoms with Gasteiger partial charge in [-0.2, -0.15) is 0 Å². The molecule has 0 bridgehead atoms. The van der Waals surface area contributed by atoms with Gasteiger partial charge in [0.1, 0.15) is 6.61 Å². The minimum Gasteiger partial charge on any atom is -0.465 e. The fraction of sp³-hybridized carbons (Fsp3) is 0.200. The smallest absolute Gasteiger partial charge is 0.337 e. The molecule has 0 aliphatic rings. The highest BCUT2D eigenvalue weighted by Gasteiger charge is 2.05. The Morgan fingerprint density at radius 1 is 1.21 bits per heavy atom. The van der Waals surface area contributed by atoms with Crippen molar-refractivity contribution in [3.63, 3.8) is 0 Å². The Labute approximate surface area is 112 Å². The van der Waals surface area contributed by atoms with Crippen LogP contribution < -0.4 is 0 Å². The lowest BCUT2D eigenvalue weighted by atomic mass is 10.1. The zero-order valence-electron chi connectivity index (χ0n) is 11.0. The van der Waals surface area contributed by atoms with Gasteiger partial charge in [0.15, 0.2) is 0 Å². The first-order valence-corrected chi connectivity index (χ1v) is 5.78. The Balaban J connectivity index is 2.81. The number of hydrogen-bond acceptors (Lipinski definition) is 4. The van der Waals surface area contributed by atoms with E-state index < -0.39 is 5.97 Å². The van der Waals surface area contributed by atoms with E-state index in [2.05, 4.69) is 0 Å². The minimum absolute atomic E-state index is 0.123. The van der Waals surface area contributed by atoms with Crippen LogP contribution in [0.5, 0.6) is 0 Å². The zero-order chi connectivity index (χ0) is 14.1. The van der Waals surface area contributed by atoms with Crippen LogP contribution in [0.2, 0.25) is 0 Å². The molecule has 0 fully saturated rings. The maximum atomic E-state index is 11.6. The second kappa shape index (κ2) is 7.87. The first-order chi connectivity index (χ1) is 9.13. The van der Waals surface area contributed by atoms with Crippen molar-refractivity contribution in [2.45, 2.75) is 6.92 Å². The number of carbonyl (C=O) groups is 2. The highest BCUT2D eigenvalue weighted by atomic mass is 16.5. The molecule has 0 aliphatic heterocycles. The first kappa shape index (κ1) is 14.7. The minimum atomic E-state index is -0.442. The summed E-state index contributed by atoms with van der Waals surface area (Å²) in [6.45, 7) is 1.45. The standard InChI is InChI=1S/C15H16O4/c1-12(16)19-10-6-9-14(15(17)18-2)11-13-7-4-3-5-8-13/h3-9,11H,10H2,1-2H3/b9-6-,14-11-. The quantitative estimate of drug-likeness (QED) is 0.463. The van der Waals surface area contributed by atoms with Crippen molar-refractivity contribution >= 4 is 18.0 Å². The molecule has 1 rings (SSSR count). The Bertz CT molecular complexity index is 486. The molecule has 0 N–H and O–H groups in total. The topological polar surface area (TPSA) is 52.6 Å². The maximum absolute atomic E-state index is 11.6. The van der Waals surface area contributed by atoms with E-state index in [0.29, 0.717) is 5.57 Å². The van der Waals surface area contributed by atoms with Gasteiger partial charge in [0.2, 0.25) is 0 Å². The molecule has 0 aromatic heterocycles. The van der Waals surface area contributed by atoms with Crippen molar-refractivity contribution in [1.82, 2.24) is 0 Å². The summed E-state index contributed by atoms with van der Waals surface area (Å²) < 4.78 is 9.45. The summed E-state index contributed by atoms with van der Waals surface area (Å²) in [6.07, 6.45) is 4.87. The fourth-order valence-corrected chi connectivity index (χ4v) is 1.36. The number of rotatable bonds is 5. The van der Waals surface area contributed by atoms with Crippen LogP contribution in [-0.4, -0.2) is 25.7 Å². The summed E-state index contributed by atoms with van der Waals surface area (Å²) in [7, 11) is 1.32. The van der Waals surface area contributed by atoms with E-state index in [-0.39, 0.29) is 12.6 Å². The van der Waals surface area contributed by atoms with Crippen LogP contribution in [0.3, 0.4) is 0 Å². The van der Waals surface area contributed by atoms with E-state index in [1.165, 1.54) is 14.0 Å². The molecule has 19 heavy (non-hydrogen) atoms. The molecule has 0 saturated heterocycles. The number of hydrogen-bond donors (Lipinski definition) is 0. The predicted octanol–water partition coefficient (Wildman–Crippen LogP) is 2.36. The van der Waals surface area contributed by atoms with Crippen molar-refractivity contribution in [2.24, 2.45) is 0 Å². The maximum Gasteiger partial charge on any atom is 0.337 e. The van der Waals surface area contributed by atoms with Gasteiger partial charge >= 0.3 is 11.9 Å². The lowest BCUT2D eigenvalue weighted by Crippen LogP contribution is -2.03. The first-order valence-electron chi connectivity index (χ1n) is 5.78. The van der Waals surface area contributed by atoms with Gasteiger partial charge in [-0.3, -0.25) is 4.79 Å². The van der Waals surface area contributed by atoms with Gasteiger partial charge in [0, 0.05) is 6.92 Å². The van der Waals surface area contributed by atoms with Crippen molar-refractivity contribution in [3.8, 4) is 0 Å². The molecule has 0 atom stereocenters. The summed E-state index contributed by atoms with van der Waals surface area (Å²) in [6, 6.07) is 9.41. The van der Waals surface area contributed by atoms with E-state index >= 15 is 0 Å². The third-order valence-electron chi connectivity index (χ3n) is 2.22. The van der Waals surface area contributed by atoms with Crippen LogP contribution in [0.4, 0.5) is 0 Å². The molecule has 4 heteroatoms. The Hall–Kier alpha value is -2.36. The van der Waals surface area contributed by atoms with Crippen LogP contribution >= 0.6 is 0 Å². The lowest BCUT2D eigenvalue weighted by Gasteiger charge is -2.01. The average molecular weight is 260 g/mol. The van der Waals surface area contributed by atoms with Crippen molar-refractivity contribution in [2.75, 3.05) is 13.7 Å². The highest BCUT2D eigenvalue weighted by Crippen LogP contribution is 2.09. The number of benzene rings is 1. The van der Waals surface area contributed by atoms with Gasteiger partial charge < -0.3 is 9.47 Å². The van der Waals surface area contributed by atoms with Gasteiger partial charge in [0.05, 0.1) is 12.7 Å². The zero-order valence-corrected chi connectivity index (χ0v) is 11.0. The van der Waals surface area contributed by atoms with E-state index in [0.717, 1.165) is 5.56 Å². The SMILES string of the molecule is COC(=O)C(/C=C\COC(C)=O)=C\c1ccccc1. The van der Waals surface area contributed by atoms with E-state index in [1.807, 2.05) is 30.3 Å². The fourth-order valence-electron chi connectivity index (χ4n) is 1.36. The van der Waals surface area contributed by atoms with Gasteiger partial charge in [-0.1, -0.05) is 30.3 Å². The van der Waals surface area contributed by atoms with E-state index in [1.54, 1.807) is 18.2 Å². The molecule has 0 unspecified atom stereocenters. The number of ether oxygens (including phenoxy) is 2. The molecule has 0 saturated carbocycles. The molecule has 0 amide bonds. The molecule has 0 aliphatic carbocycles. The summed E-state index contributed by atoms with van der Waals surface area (Å²) >= 11 is 0. The third kappa shape index (κ3) is 5.68. The van der Waals surface area contributed by atoms with Crippen molar-refractivity contribution in [3.05, 3.63) is 53.6 Å². The van der Waals surface area contributed by atoms with Gasteiger partial charge in [-0.05, 0) is 23.8 Å². The summed E-state index contributed by atoms with van der Waals surface area (Å²) in [5.41, 5.74) is 1.28. The monoisotopic (exact) mass is 260 g/mol. The Morgan fingerprint density at radius 3 is 2.47 bits per heavy atom. The third-order valence-corrected chi connectivity index (χ3v) is 2.22. The van der Waals surface area contributed by atoms with Crippen molar-refractivity contribution < 1.29 is 19.1 Å². The molecule has 1 aromatic rings. The molecule has 1 aromatic carbocycles. The van der Waals surface area contributed by atoms with Crippen molar-refractivity contribution in [1.29, 1.82) is 0 Å². The van der Waals surface area contributed by atoms with E-state index in [4.69, 9.17) is 9.47 Å². The van der Waals surface area contributed by atoms with E-state index in [9.17, 15) is 9.59 Å². The number of methoxy groups -OCH3 is 1. The predicted molar refractivity (Wildman–Crippen MR) is 72.2 cm³/mol. The second-order valence-corrected chi connectivity index (χ2v) is 3.71. The summed E-state index contributed by atoms with van der Waals surface area (Å²) in [5, 5.41) is 0. The van der Waals surface area contributed by atoms with Gasteiger partial charge in [0.25, 0.3) is 0 Å². The van der Waals surface area contributed by atoms with Crippen LogP contribution in [0, 0.1) is 0 Å². The van der Waals surface area contributed by atoms with Crippen LogP contribution in [-0.2, 0) is 19.1 Å². The molecule has 0 radical (unpaired) electrons. The van der Waals surface area contributed by atoms with Crippen LogP contribution in [0.15, 0.2) is 48.1 Å². The molecular formula is C15H16O4. The van der Waals surface area contributed by atoms with Gasteiger partial charge in [-0.15, -0.1) is 0 Å². The highest BCUT2D eigenvalue weighted by molar-refractivity contribution is 5.96. The Kier molecular flexibility index (Phi) is 6.09. The Morgan fingerprint density at radius 2 is 1.89 bits per heavy atom. The molecule has 0 heterocycles. The average Bonchev–Trinajstić information content (AvgIpc) is 2.42. The lowest BCUT2D eigenvalue weighted by molar-refractivity contribution is -0.139. The largest absolute Gasteiger partial charge is 0.465 e. The second-order valence-electron chi connectivity index (χ2n) is 3.71. The normalized spacial score (nSPS) is 11.4. The summed E-state index contributed by atoms with van der Waals surface area (Å²) in [5.74, 6) is -0.806. The molecular weight excluding hydrogens is 244 g/mol. The van der Waals surface area contributed by atoms with Crippen LogP contribution in [0.1, 0.15) is 12.5 Å². The molecule has 0 spiro atoms.